The molecule has 0 fully saturated rings. The van der Waals surface area contributed by atoms with Gasteiger partial charge in [0.15, 0.2) is 0 Å². The van der Waals surface area contributed by atoms with E-state index in [-0.39, 0.29) is 11.8 Å². The molecule has 0 aliphatic rings. The van der Waals surface area contributed by atoms with Crippen LogP contribution in [0.25, 0.3) is 0 Å². The first-order valence-electron chi connectivity index (χ1n) is 6.00. The molecule has 0 bridgehead atoms. The smallest absolute Gasteiger partial charge is 0.374 e. The Morgan fingerprint density at radius 1 is 1.42 bits per heavy atom. The summed E-state index contributed by atoms with van der Waals surface area (Å²) in [6.07, 6.45) is 5.00. The Morgan fingerprint density at radius 3 is 2.84 bits per heavy atom. The largest absolute Gasteiger partial charge is 0.463 e. The molecule has 2 heterocycles. The van der Waals surface area contributed by atoms with Crippen molar-refractivity contribution in [3.8, 4) is 0 Å². The number of nitrogens with zero attached hydrogens (tertiary/aromatic N) is 1. The topological polar surface area (TPSA) is 64.4 Å². The predicted octanol–water partition coefficient (Wildman–Crippen LogP) is 2.31. The van der Waals surface area contributed by atoms with Gasteiger partial charge in [0.05, 0.1) is 13.4 Å². The summed E-state index contributed by atoms with van der Waals surface area (Å²) in [5.41, 5.74) is 1.92. The maximum absolute atomic E-state index is 11.5. The first-order valence-corrected chi connectivity index (χ1v) is 6.00. The van der Waals surface area contributed by atoms with Crippen molar-refractivity contribution >= 4 is 5.97 Å². The summed E-state index contributed by atoms with van der Waals surface area (Å²) in [5.74, 6) is -0.213. The van der Waals surface area contributed by atoms with Crippen molar-refractivity contribution in [1.29, 1.82) is 0 Å². The first-order chi connectivity index (χ1) is 9.22. The molecule has 0 unspecified atom stereocenters. The van der Waals surface area contributed by atoms with Gasteiger partial charge in [-0.1, -0.05) is 0 Å². The minimum absolute atomic E-state index is 0.156. The third-order valence-corrected chi connectivity index (χ3v) is 2.92. The Labute approximate surface area is 111 Å². The molecular weight excluding hydrogens is 244 g/mol. The average molecular weight is 260 g/mol. The number of methoxy groups -OCH3 is 1. The van der Waals surface area contributed by atoms with Crippen LogP contribution in [-0.4, -0.2) is 18.1 Å². The lowest BCUT2D eigenvalue weighted by atomic mass is 10.1. The number of pyridine rings is 1. The van der Waals surface area contributed by atoms with Crippen LogP contribution in [0.1, 0.15) is 34.6 Å². The van der Waals surface area contributed by atoms with E-state index in [9.17, 15) is 4.79 Å². The Morgan fingerprint density at radius 2 is 2.16 bits per heavy atom. The molecule has 0 saturated heterocycles. The van der Waals surface area contributed by atoms with Crippen molar-refractivity contribution in [2.45, 2.75) is 19.5 Å². The fourth-order valence-corrected chi connectivity index (χ4v) is 1.78. The summed E-state index contributed by atoms with van der Waals surface area (Å²) in [5, 5.41) is 3.33. The lowest BCUT2D eigenvalue weighted by molar-refractivity contribution is 0.0563. The van der Waals surface area contributed by atoms with Crippen molar-refractivity contribution in [1.82, 2.24) is 10.3 Å². The summed E-state index contributed by atoms with van der Waals surface area (Å²) in [7, 11) is 1.33. The first kappa shape index (κ1) is 13.3. The number of esters is 1. The maximum Gasteiger partial charge on any atom is 0.374 e. The molecule has 0 saturated carbocycles. The van der Waals surface area contributed by atoms with Gasteiger partial charge in [-0.2, -0.15) is 0 Å². The average Bonchev–Trinajstić information content (AvgIpc) is 2.93. The van der Waals surface area contributed by atoms with Crippen molar-refractivity contribution in [3.63, 3.8) is 0 Å². The molecule has 100 valence electrons. The highest BCUT2D eigenvalue weighted by Gasteiger charge is 2.16. The standard InChI is InChI=1S/C14H16N2O3/c1-10(11-3-6-15-7-4-11)16-9-12-5-8-19-13(12)14(17)18-2/h3-8,10,16H,9H2,1-2H3/t10-/m0/s1. The monoisotopic (exact) mass is 260 g/mol. The van der Waals surface area contributed by atoms with Crippen LogP contribution in [0.15, 0.2) is 41.3 Å². The lowest BCUT2D eigenvalue weighted by Gasteiger charge is -2.13. The number of furan rings is 1. The molecule has 1 atom stereocenters. The Bertz CT molecular complexity index is 537. The molecular formula is C14H16N2O3. The molecule has 0 aliphatic heterocycles. The molecule has 0 aromatic carbocycles. The van der Waals surface area contributed by atoms with Crippen LogP contribution in [0.5, 0.6) is 0 Å². The quantitative estimate of drug-likeness (QED) is 0.836. The van der Waals surface area contributed by atoms with Crippen LogP contribution in [0.4, 0.5) is 0 Å². The van der Waals surface area contributed by atoms with E-state index < -0.39 is 5.97 Å². The van der Waals surface area contributed by atoms with Gasteiger partial charge < -0.3 is 14.5 Å². The fraction of sp³-hybridized carbons (Fsp3) is 0.286. The van der Waals surface area contributed by atoms with E-state index in [1.54, 1.807) is 18.5 Å². The minimum Gasteiger partial charge on any atom is -0.463 e. The number of ether oxygens (including phenoxy) is 1. The second-order valence-electron chi connectivity index (χ2n) is 4.15. The number of carbonyl (C=O) groups excluding carboxylic acids is 1. The van der Waals surface area contributed by atoms with Gasteiger partial charge in [0.2, 0.25) is 5.76 Å². The Kier molecular flexibility index (Phi) is 4.30. The summed E-state index contributed by atoms with van der Waals surface area (Å²) >= 11 is 0. The number of hydrogen-bond acceptors (Lipinski definition) is 5. The van der Waals surface area contributed by atoms with Gasteiger partial charge in [0.25, 0.3) is 0 Å². The normalized spacial score (nSPS) is 12.1. The molecule has 0 amide bonds. The maximum atomic E-state index is 11.5. The van der Waals surface area contributed by atoms with Crippen molar-refractivity contribution in [3.05, 3.63) is 53.7 Å². The number of nitrogens with one attached hydrogen (secondary N) is 1. The molecule has 0 aliphatic carbocycles. The van der Waals surface area contributed by atoms with Crippen LogP contribution < -0.4 is 5.32 Å². The molecule has 1 N–H and O–H groups in total. The third kappa shape index (κ3) is 3.20. The second-order valence-corrected chi connectivity index (χ2v) is 4.15. The van der Waals surface area contributed by atoms with Gasteiger partial charge in [0, 0.05) is 30.5 Å². The van der Waals surface area contributed by atoms with E-state index in [0.717, 1.165) is 11.1 Å². The molecule has 0 radical (unpaired) electrons. The number of hydrogen-bond donors (Lipinski definition) is 1. The van der Waals surface area contributed by atoms with E-state index in [0.29, 0.717) is 6.54 Å². The molecule has 2 aromatic rings. The second kappa shape index (κ2) is 6.15. The van der Waals surface area contributed by atoms with Gasteiger partial charge in [0.1, 0.15) is 0 Å². The molecule has 19 heavy (non-hydrogen) atoms. The van der Waals surface area contributed by atoms with Crippen molar-refractivity contribution < 1.29 is 13.9 Å². The van der Waals surface area contributed by atoms with Crippen molar-refractivity contribution in [2.75, 3.05) is 7.11 Å². The summed E-state index contributed by atoms with van der Waals surface area (Å²) in [6.45, 7) is 2.58. The molecule has 2 aromatic heterocycles. The lowest BCUT2D eigenvalue weighted by Crippen LogP contribution is -2.19. The number of carbonyl (C=O) groups is 1. The Hall–Kier alpha value is -2.14. The third-order valence-electron chi connectivity index (χ3n) is 2.92. The van der Waals surface area contributed by atoms with Crippen LogP contribution in [0.2, 0.25) is 0 Å². The van der Waals surface area contributed by atoms with E-state index >= 15 is 0 Å². The fourth-order valence-electron chi connectivity index (χ4n) is 1.78. The van der Waals surface area contributed by atoms with Gasteiger partial charge in [-0.25, -0.2) is 4.79 Å². The summed E-state index contributed by atoms with van der Waals surface area (Å²) < 4.78 is 9.79. The zero-order valence-electron chi connectivity index (χ0n) is 10.9. The zero-order valence-corrected chi connectivity index (χ0v) is 10.9. The number of aromatic nitrogens is 1. The van der Waals surface area contributed by atoms with Gasteiger partial charge in [-0.15, -0.1) is 0 Å². The SMILES string of the molecule is COC(=O)c1occc1CN[C@@H](C)c1ccncc1. The molecule has 0 spiro atoms. The van der Waals surface area contributed by atoms with Crippen LogP contribution in [0, 0.1) is 0 Å². The predicted molar refractivity (Wildman–Crippen MR) is 69.5 cm³/mol. The van der Waals surface area contributed by atoms with Crippen LogP contribution in [0.3, 0.4) is 0 Å². The van der Waals surface area contributed by atoms with E-state index in [1.165, 1.54) is 13.4 Å². The van der Waals surface area contributed by atoms with E-state index in [1.807, 2.05) is 19.1 Å². The molecule has 2 rings (SSSR count). The Balaban J connectivity index is 2.00. The van der Waals surface area contributed by atoms with Gasteiger partial charge in [-0.05, 0) is 30.7 Å². The summed E-state index contributed by atoms with van der Waals surface area (Å²) in [4.78, 5) is 15.4. The van der Waals surface area contributed by atoms with Crippen LogP contribution >= 0.6 is 0 Å². The number of rotatable bonds is 5. The molecule has 5 heteroatoms. The molecule has 5 nitrogen and oxygen atoms in total. The van der Waals surface area contributed by atoms with Crippen molar-refractivity contribution in [2.24, 2.45) is 0 Å². The van der Waals surface area contributed by atoms with E-state index in [2.05, 4.69) is 15.0 Å². The minimum atomic E-state index is -0.460. The highest BCUT2D eigenvalue weighted by Crippen LogP contribution is 2.15. The summed E-state index contributed by atoms with van der Waals surface area (Å²) in [6, 6.07) is 5.82. The van der Waals surface area contributed by atoms with E-state index in [4.69, 9.17) is 4.42 Å². The highest BCUT2D eigenvalue weighted by atomic mass is 16.5. The van der Waals surface area contributed by atoms with Crippen LogP contribution in [-0.2, 0) is 11.3 Å². The van der Waals surface area contributed by atoms with Gasteiger partial charge in [-0.3, -0.25) is 4.98 Å². The van der Waals surface area contributed by atoms with Gasteiger partial charge >= 0.3 is 5.97 Å². The zero-order chi connectivity index (χ0) is 13.7. The highest BCUT2D eigenvalue weighted by molar-refractivity contribution is 5.87.